The summed E-state index contributed by atoms with van der Waals surface area (Å²) in [6.07, 6.45) is -1.00. The largest absolute Gasteiger partial charge is 0.427 e. The van der Waals surface area contributed by atoms with Crippen LogP contribution in [0, 0.1) is 0 Å². The van der Waals surface area contributed by atoms with Crippen LogP contribution in [-0.4, -0.2) is 47.9 Å². The number of aliphatic hydroxyl groups excluding tert-OH is 2. The molecule has 0 rings (SSSR count). The molecule has 0 spiro atoms. The number of carbonyl (C=O) groups excluding carboxylic acids is 1. The van der Waals surface area contributed by atoms with E-state index >= 15 is 0 Å². The van der Waals surface area contributed by atoms with E-state index in [4.69, 9.17) is 9.84 Å². The maximum Gasteiger partial charge on any atom is 0.335 e. The van der Waals surface area contributed by atoms with Gasteiger partial charge in [-0.1, -0.05) is 33.1 Å². The third-order valence-electron chi connectivity index (χ3n) is 3.21. The highest BCUT2D eigenvalue weighted by Crippen LogP contribution is 2.39. The fourth-order valence-electron chi connectivity index (χ4n) is 2.26. The minimum atomic E-state index is -2.08. The number of rotatable bonds is 7. The molecule has 5 nitrogen and oxygen atoms in total. The van der Waals surface area contributed by atoms with Gasteiger partial charge in [0.2, 0.25) is 5.79 Å². The lowest BCUT2D eigenvalue weighted by Crippen LogP contribution is -2.57. The minimum absolute atomic E-state index is 0.133. The molecule has 0 radical (unpaired) electrons. The Morgan fingerprint density at radius 1 is 1.42 bits per heavy atom. The lowest BCUT2D eigenvalue weighted by molar-refractivity contribution is -0.253. The summed E-state index contributed by atoms with van der Waals surface area (Å²) in [5.74, 6) is -2.85. The number of ether oxygens (including phenoxy) is 1. The van der Waals surface area contributed by atoms with Crippen LogP contribution in [0.25, 0.3) is 0 Å². The van der Waals surface area contributed by atoms with Crippen molar-refractivity contribution in [2.24, 2.45) is 0 Å². The van der Waals surface area contributed by atoms with Crippen molar-refractivity contribution in [3.05, 3.63) is 12.2 Å². The fraction of sp³-hybridized carbons (Fsp3) is 0.769. The zero-order valence-corrected chi connectivity index (χ0v) is 13.4. The van der Waals surface area contributed by atoms with Crippen LogP contribution in [0.3, 0.4) is 0 Å². The van der Waals surface area contributed by atoms with E-state index in [1.807, 2.05) is 26.6 Å². The van der Waals surface area contributed by atoms with E-state index in [0.29, 0.717) is 6.42 Å². The molecule has 0 fully saturated rings. The van der Waals surface area contributed by atoms with Crippen LogP contribution < -0.4 is 0 Å². The molecule has 0 aliphatic rings. The second-order valence-electron chi connectivity index (χ2n) is 5.95. The van der Waals surface area contributed by atoms with Gasteiger partial charge in [0, 0.05) is 11.1 Å². The highest BCUT2D eigenvalue weighted by atomic mass is 28.3. The average Bonchev–Trinajstić information content (AvgIpc) is 2.26. The average molecular weight is 290 g/mol. The van der Waals surface area contributed by atoms with Gasteiger partial charge in [-0.2, -0.15) is 0 Å². The molecule has 3 N–H and O–H groups in total. The van der Waals surface area contributed by atoms with Gasteiger partial charge in [0.25, 0.3) is 0 Å². The maximum absolute atomic E-state index is 11.7. The molecule has 0 aromatic heterocycles. The van der Waals surface area contributed by atoms with E-state index in [1.54, 1.807) is 0 Å². The Labute approximate surface area is 115 Å². The number of aliphatic hydroxyl groups is 3. The van der Waals surface area contributed by atoms with E-state index in [-0.39, 0.29) is 5.57 Å². The molecule has 0 aliphatic heterocycles. The summed E-state index contributed by atoms with van der Waals surface area (Å²) in [4.78, 5) is 11.7. The molecule has 0 saturated carbocycles. The van der Waals surface area contributed by atoms with Crippen molar-refractivity contribution in [3.8, 4) is 0 Å². The molecular weight excluding hydrogens is 264 g/mol. The summed E-state index contributed by atoms with van der Waals surface area (Å²) in [5.41, 5.74) is -0.264. The Bertz CT molecular complexity index is 336. The SMILES string of the molecule is C=C(C)C(=O)OC(O)(C(O)CO)C(CC)[Si](C)(C)C. The molecule has 0 aliphatic carbocycles. The zero-order chi connectivity index (χ0) is 15.4. The van der Waals surface area contributed by atoms with Gasteiger partial charge in [-0.25, -0.2) is 4.79 Å². The Morgan fingerprint density at radius 2 is 1.89 bits per heavy atom. The van der Waals surface area contributed by atoms with Gasteiger partial charge in [-0.3, -0.25) is 0 Å². The van der Waals surface area contributed by atoms with Crippen molar-refractivity contribution in [2.45, 2.75) is 57.3 Å². The Hall–Kier alpha value is -0.693. The second-order valence-corrected chi connectivity index (χ2v) is 11.4. The van der Waals surface area contributed by atoms with Crippen molar-refractivity contribution < 1.29 is 24.9 Å². The van der Waals surface area contributed by atoms with Crippen LogP contribution in [0.15, 0.2) is 12.2 Å². The molecule has 3 atom stereocenters. The Morgan fingerprint density at radius 3 is 2.16 bits per heavy atom. The predicted octanol–water partition coefficient (Wildman–Crippen LogP) is 1.27. The fourth-order valence-corrected chi connectivity index (χ4v) is 4.98. The summed E-state index contributed by atoms with van der Waals surface area (Å²) >= 11 is 0. The molecule has 0 aromatic carbocycles. The summed E-state index contributed by atoms with van der Waals surface area (Å²) in [6.45, 7) is 12.1. The quantitative estimate of drug-likeness (QED) is 0.284. The molecule has 3 unspecified atom stereocenters. The van der Waals surface area contributed by atoms with E-state index < -0.39 is 38.1 Å². The molecule has 112 valence electrons. The van der Waals surface area contributed by atoms with Crippen LogP contribution in [0.1, 0.15) is 20.3 Å². The van der Waals surface area contributed by atoms with Crippen molar-refractivity contribution in [1.29, 1.82) is 0 Å². The van der Waals surface area contributed by atoms with Gasteiger partial charge in [-0.05, 0) is 13.3 Å². The van der Waals surface area contributed by atoms with E-state index in [1.165, 1.54) is 6.92 Å². The topological polar surface area (TPSA) is 87.0 Å². The molecule has 6 heteroatoms. The normalized spacial score (nSPS) is 18.3. The number of carbonyl (C=O) groups is 1. The lowest BCUT2D eigenvalue weighted by Gasteiger charge is -2.43. The van der Waals surface area contributed by atoms with Crippen LogP contribution in [0.4, 0.5) is 0 Å². The standard InChI is InChI=1S/C13H26O5Si/c1-7-11(19(4,5)6)13(17,10(15)8-14)18-12(16)9(2)3/h10-11,14-15,17H,2,7-8H2,1,3-6H3. The van der Waals surface area contributed by atoms with Gasteiger partial charge in [0.15, 0.2) is 0 Å². The first-order chi connectivity index (χ1) is 8.50. The minimum Gasteiger partial charge on any atom is -0.427 e. The highest BCUT2D eigenvalue weighted by molar-refractivity contribution is 6.77. The summed E-state index contributed by atoms with van der Waals surface area (Å²) < 4.78 is 5.07. The van der Waals surface area contributed by atoms with Crippen LogP contribution >= 0.6 is 0 Å². The van der Waals surface area contributed by atoms with Crippen LogP contribution in [0.5, 0.6) is 0 Å². The maximum atomic E-state index is 11.7. The molecule has 0 saturated heterocycles. The van der Waals surface area contributed by atoms with E-state index in [9.17, 15) is 15.0 Å². The van der Waals surface area contributed by atoms with Gasteiger partial charge >= 0.3 is 5.97 Å². The predicted molar refractivity (Wildman–Crippen MR) is 76.3 cm³/mol. The van der Waals surface area contributed by atoms with Crippen LogP contribution in [0.2, 0.25) is 25.2 Å². The molecule has 0 amide bonds. The smallest absolute Gasteiger partial charge is 0.335 e. The van der Waals surface area contributed by atoms with Gasteiger partial charge in [0.05, 0.1) is 14.7 Å². The first kappa shape index (κ1) is 18.3. The summed E-state index contributed by atoms with van der Waals surface area (Å²) in [6, 6.07) is 0. The third-order valence-corrected chi connectivity index (χ3v) is 6.12. The second kappa shape index (κ2) is 6.65. The van der Waals surface area contributed by atoms with Crippen molar-refractivity contribution in [1.82, 2.24) is 0 Å². The first-order valence-corrected chi connectivity index (χ1v) is 9.98. The molecule has 0 aromatic rings. The summed E-state index contributed by atoms with van der Waals surface area (Å²) in [5, 5.41) is 29.6. The zero-order valence-electron chi connectivity index (χ0n) is 12.4. The van der Waals surface area contributed by atoms with Gasteiger partial charge in [0.1, 0.15) is 6.10 Å². The summed E-state index contributed by atoms with van der Waals surface area (Å²) in [7, 11) is -1.93. The van der Waals surface area contributed by atoms with E-state index in [2.05, 4.69) is 6.58 Å². The molecule has 0 bridgehead atoms. The molecular formula is C13H26O5Si. The number of hydrogen-bond acceptors (Lipinski definition) is 5. The highest BCUT2D eigenvalue weighted by Gasteiger charge is 2.51. The van der Waals surface area contributed by atoms with Crippen LogP contribution in [-0.2, 0) is 9.53 Å². The first-order valence-electron chi connectivity index (χ1n) is 6.40. The lowest BCUT2D eigenvalue weighted by atomic mass is 10.0. The van der Waals surface area contributed by atoms with Crippen molar-refractivity contribution in [2.75, 3.05) is 6.61 Å². The van der Waals surface area contributed by atoms with Crippen molar-refractivity contribution >= 4 is 14.0 Å². The van der Waals surface area contributed by atoms with Gasteiger partial charge in [-0.15, -0.1) is 0 Å². The number of esters is 1. The Balaban J connectivity index is 5.51. The monoisotopic (exact) mass is 290 g/mol. The molecule has 19 heavy (non-hydrogen) atoms. The molecule has 0 heterocycles. The Kier molecular flexibility index (Phi) is 6.41. The van der Waals surface area contributed by atoms with Gasteiger partial charge < -0.3 is 20.1 Å². The van der Waals surface area contributed by atoms with E-state index in [0.717, 1.165) is 0 Å². The third kappa shape index (κ3) is 4.41. The number of hydrogen-bond donors (Lipinski definition) is 3. The van der Waals surface area contributed by atoms with Crippen molar-refractivity contribution in [3.63, 3.8) is 0 Å².